The van der Waals surface area contributed by atoms with Crippen LogP contribution in [0.15, 0.2) is 24.3 Å². The summed E-state index contributed by atoms with van der Waals surface area (Å²) >= 11 is 0. The number of phenols is 1. The fraction of sp³-hybridized carbons (Fsp3) is 0.500. The van der Waals surface area contributed by atoms with E-state index in [1.54, 1.807) is 17.0 Å². The van der Waals surface area contributed by atoms with E-state index in [2.05, 4.69) is 5.32 Å². The molecule has 1 saturated heterocycles. The third kappa shape index (κ3) is 4.44. The van der Waals surface area contributed by atoms with Crippen molar-refractivity contribution in [3.05, 3.63) is 29.8 Å². The van der Waals surface area contributed by atoms with Gasteiger partial charge in [-0.1, -0.05) is 12.1 Å². The van der Waals surface area contributed by atoms with Gasteiger partial charge in [-0.3, -0.25) is 0 Å². The molecule has 2 rings (SSSR count). The maximum Gasteiger partial charge on any atom is 0.317 e. The normalized spacial score (nSPS) is 15.3. The number of nitrogens with one attached hydrogen (secondary N) is 1. The van der Waals surface area contributed by atoms with Crippen molar-refractivity contribution in [2.24, 2.45) is 0 Å². The van der Waals surface area contributed by atoms with Crippen molar-refractivity contribution >= 4 is 6.03 Å². The lowest BCUT2D eigenvalue weighted by molar-refractivity contribution is 0.0532. The molecule has 2 amide bonds. The van der Waals surface area contributed by atoms with Crippen LogP contribution in [0.4, 0.5) is 4.79 Å². The van der Waals surface area contributed by atoms with Crippen molar-refractivity contribution in [1.29, 1.82) is 0 Å². The molecule has 0 bridgehead atoms. The van der Waals surface area contributed by atoms with Crippen LogP contribution in [0.25, 0.3) is 0 Å². The first-order valence-electron chi connectivity index (χ1n) is 6.64. The molecule has 1 heterocycles. The highest BCUT2D eigenvalue weighted by molar-refractivity contribution is 5.74. The van der Waals surface area contributed by atoms with Crippen molar-refractivity contribution in [1.82, 2.24) is 10.2 Å². The van der Waals surface area contributed by atoms with Gasteiger partial charge >= 0.3 is 6.03 Å². The molecule has 0 unspecified atom stereocenters. The number of carbonyl (C=O) groups is 1. The SMILES string of the molecule is O=C(NCCCc1ccc(O)cc1)N1CCOCC1. The number of benzene rings is 1. The first-order chi connectivity index (χ1) is 9.25. The van der Waals surface area contributed by atoms with Gasteiger partial charge in [-0.05, 0) is 30.5 Å². The van der Waals surface area contributed by atoms with E-state index in [0.29, 0.717) is 32.8 Å². The van der Waals surface area contributed by atoms with E-state index in [1.807, 2.05) is 12.1 Å². The number of morpholine rings is 1. The number of carbonyl (C=O) groups excluding carboxylic acids is 1. The lowest BCUT2D eigenvalue weighted by Gasteiger charge is -2.26. The highest BCUT2D eigenvalue weighted by atomic mass is 16.5. The largest absolute Gasteiger partial charge is 0.508 e. The quantitative estimate of drug-likeness (QED) is 0.807. The molecule has 0 aliphatic carbocycles. The number of ether oxygens (including phenoxy) is 1. The molecule has 0 saturated carbocycles. The van der Waals surface area contributed by atoms with E-state index < -0.39 is 0 Å². The summed E-state index contributed by atoms with van der Waals surface area (Å²) in [4.78, 5) is 13.6. The third-order valence-corrected chi connectivity index (χ3v) is 3.15. The zero-order chi connectivity index (χ0) is 13.5. The smallest absolute Gasteiger partial charge is 0.317 e. The van der Waals surface area contributed by atoms with Crippen LogP contribution in [0.3, 0.4) is 0 Å². The first-order valence-corrected chi connectivity index (χ1v) is 6.64. The molecule has 5 heteroatoms. The number of hydrogen-bond donors (Lipinski definition) is 2. The van der Waals surface area contributed by atoms with Crippen LogP contribution in [-0.4, -0.2) is 48.9 Å². The average molecular weight is 264 g/mol. The second-order valence-corrected chi connectivity index (χ2v) is 4.60. The molecule has 1 fully saturated rings. The van der Waals surface area contributed by atoms with E-state index >= 15 is 0 Å². The highest BCUT2D eigenvalue weighted by Crippen LogP contribution is 2.10. The van der Waals surface area contributed by atoms with Crippen molar-refractivity contribution in [3.8, 4) is 5.75 Å². The minimum Gasteiger partial charge on any atom is -0.508 e. The number of amides is 2. The Labute approximate surface area is 113 Å². The van der Waals surface area contributed by atoms with Gasteiger partial charge in [0.2, 0.25) is 0 Å². The number of nitrogens with zero attached hydrogens (tertiary/aromatic N) is 1. The van der Waals surface area contributed by atoms with Crippen molar-refractivity contribution in [2.75, 3.05) is 32.8 Å². The Hall–Kier alpha value is -1.75. The molecule has 0 spiro atoms. The third-order valence-electron chi connectivity index (χ3n) is 3.15. The standard InChI is InChI=1S/C14H20N2O3/c17-13-5-3-12(4-6-13)2-1-7-15-14(18)16-8-10-19-11-9-16/h3-6,17H,1-2,7-11H2,(H,15,18). The number of rotatable bonds is 4. The molecular weight excluding hydrogens is 244 g/mol. The minimum atomic E-state index is -0.00555. The van der Waals surface area contributed by atoms with Crippen LogP contribution < -0.4 is 5.32 Å². The van der Waals surface area contributed by atoms with Gasteiger partial charge in [-0.2, -0.15) is 0 Å². The summed E-state index contributed by atoms with van der Waals surface area (Å²) in [6.45, 7) is 3.26. The molecule has 1 aromatic carbocycles. The van der Waals surface area contributed by atoms with Gasteiger partial charge in [0.05, 0.1) is 13.2 Å². The predicted molar refractivity (Wildman–Crippen MR) is 72.2 cm³/mol. The van der Waals surface area contributed by atoms with Gasteiger partial charge in [0, 0.05) is 19.6 Å². The fourth-order valence-electron chi connectivity index (χ4n) is 2.03. The highest BCUT2D eigenvalue weighted by Gasteiger charge is 2.15. The zero-order valence-electron chi connectivity index (χ0n) is 11.0. The molecule has 1 aromatic rings. The Bertz CT molecular complexity index is 400. The lowest BCUT2D eigenvalue weighted by Crippen LogP contribution is -2.46. The predicted octanol–water partition coefficient (Wildman–Crippen LogP) is 1.37. The molecule has 2 N–H and O–H groups in total. The molecule has 1 aliphatic rings. The van der Waals surface area contributed by atoms with Gasteiger partial charge in [-0.15, -0.1) is 0 Å². The molecule has 5 nitrogen and oxygen atoms in total. The Kier molecular flexibility index (Phi) is 5.03. The molecule has 19 heavy (non-hydrogen) atoms. The van der Waals surface area contributed by atoms with Crippen LogP contribution in [0.2, 0.25) is 0 Å². The van der Waals surface area contributed by atoms with Crippen molar-refractivity contribution < 1.29 is 14.6 Å². The second kappa shape index (κ2) is 6.99. The minimum absolute atomic E-state index is 0.00555. The van der Waals surface area contributed by atoms with Gasteiger partial charge in [0.1, 0.15) is 5.75 Å². The number of phenolic OH excluding ortho intramolecular Hbond substituents is 1. The van der Waals surface area contributed by atoms with Gasteiger partial charge in [-0.25, -0.2) is 4.79 Å². The van der Waals surface area contributed by atoms with Crippen molar-refractivity contribution in [2.45, 2.75) is 12.8 Å². The summed E-state index contributed by atoms with van der Waals surface area (Å²) in [7, 11) is 0. The van der Waals surface area contributed by atoms with E-state index in [0.717, 1.165) is 12.8 Å². The maximum absolute atomic E-state index is 11.8. The van der Waals surface area contributed by atoms with Gasteiger partial charge in [0.25, 0.3) is 0 Å². The topological polar surface area (TPSA) is 61.8 Å². The molecular formula is C14H20N2O3. The van der Waals surface area contributed by atoms with Crippen LogP contribution in [0, 0.1) is 0 Å². The summed E-state index contributed by atoms with van der Waals surface area (Å²) in [6, 6.07) is 7.16. The van der Waals surface area contributed by atoms with Crippen LogP contribution in [0.5, 0.6) is 5.75 Å². The van der Waals surface area contributed by atoms with Crippen molar-refractivity contribution in [3.63, 3.8) is 0 Å². The summed E-state index contributed by atoms with van der Waals surface area (Å²) in [6.07, 6.45) is 1.78. The van der Waals surface area contributed by atoms with E-state index in [1.165, 1.54) is 5.56 Å². The number of urea groups is 1. The molecule has 1 aliphatic heterocycles. The molecule has 0 atom stereocenters. The Morgan fingerprint density at radius 1 is 1.26 bits per heavy atom. The summed E-state index contributed by atoms with van der Waals surface area (Å²) in [5.41, 5.74) is 1.17. The maximum atomic E-state index is 11.8. The summed E-state index contributed by atoms with van der Waals surface area (Å²) in [5.74, 6) is 0.282. The van der Waals surface area contributed by atoms with Gasteiger partial charge in [0.15, 0.2) is 0 Å². The molecule has 0 radical (unpaired) electrons. The number of hydrogen-bond acceptors (Lipinski definition) is 3. The van der Waals surface area contributed by atoms with E-state index in [-0.39, 0.29) is 11.8 Å². The van der Waals surface area contributed by atoms with E-state index in [4.69, 9.17) is 4.74 Å². The summed E-state index contributed by atoms with van der Waals surface area (Å²) in [5, 5.41) is 12.1. The van der Waals surface area contributed by atoms with Crippen LogP contribution in [-0.2, 0) is 11.2 Å². The first kappa shape index (κ1) is 13.7. The Morgan fingerprint density at radius 2 is 1.95 bits per heavy atom. The average Bonchev–Trinajstić information content (AvgIpc) is 2.46. The Balaban J connectivity index is 1.63. The van der Waals surface area contributed by atoms with Gasteiger partial charge < -0.3 is 20.1 Å². The fourth-order valence-corrected chi connectivity index (χ4v) is 2.03. The lowest BCUT2D eigenvalue weighted by atomic mass is 10.1. The summed E-state index contributed by atoms with van der Waals surface area (Å²) < 4.78 is 5.20. The molecule has 104 valence electrons. The van der Waals surface area contributed by atoms with Crippen LogP contribution in [0.1, 0.15) is 12.0 Å². The Morgan fingerprint density at radius 3 is 2.63 bits per heavy atom. The molecule has 0 aromatic heterocycles. The monoisotopic (exact) mass is 264 g/mol. The second-order valence-electron chi connectivity index (χ2n) is 4.60. The van der Waals surface area contributed by atoms with E-state index in [9.17, 15) is 9.90 Å². The zero-order valence-corrected chi connectivity index (χ0v) is 11.0. The van der Waals surface area contributed by atoms with Crippen LogP contribution >= 0.6 is 0 Å². The number of aryl methyl sites for hydroxylation is 1. The number of aromatic hydroxyl groups is 1.